The largest absolute Gasteiger partial charge is 0.356 e. The molecule has 0 bridgehead atoms. The van der Waals surface area contributed by atoms with Crippen LogP contribution in [0.2, 0.25) is 10.0 Å². The van der Waals surface area contributed by atoms with Gasteiger partial charge in [-0.2, -0.15) is 0 Å². The van der Waals surface area contributed by atoms with Crippen molar-refractivity contribution in [2.45, 2.75) is 32.6 Å². The van der Waals surface area contributed by atoms with Crippen molar-refractivity contribution in [2.75, 3.05) is 13.1 Å². The minimum absolute atomic E-state index is 0.0576. The number of halogens is 2. The van der Waals surface area contributed by atoms with Crippen LogP contribution in [0.25, 0.3) is 11.3 Å². The molecular weight excluding hydrogens is 411 g/mol. The van der Waals surface area contributed by atoms with E-state index in [0.717, 1.165) is 29.8 Å². The topological polar surface area (TPSA) is 72.1 Å². The van der Waals surface area contributed by atoms with Gasteiger partial charge in [-0.05, 0) is 44.9 Å². The quantitative estimate of drug-likeness (QED) is 0.579. The summed E-state index contributed by atoms with van der Waals surface area (Å²) >= 11 is 12.1. The molecule has 1 saturated heterocycles. The summed E-state index contributed by atoms with van der Waals surface area (Å²) in [6, 6.07) is 6.81. The van der Waals surface area contributed by atoms with Crippen molar-refractivity contribution in [3.8, 4) is 11.3 Å². The van der Waals surface area contributed by atoms with Crippen molar-refractivity contribution < 1.29 is 9.32 Å². The fourth-order valence-corrected chi connectivity index (χ4v) is 4.22. The number of hydrogen-bond acceptors (Lipinski definition) is 5. The first-order valence-electron chi connectivity index (χ1n) is 9.43. The maximum Gasteiger partial charge on any atom is 0.253 e. The molecule has 0 unspecified atom stereocenters. The predicted molar refractivity (Wildman–Crippen MR) is 111 cm³/mol. The third kappa shape index (κ3) is 4.28. The number of aryl methyl sites for hydroxylation is 2. The van der Waals surface area contributed by atoms with Crippen LogP contribution in [0.1, 0.15) is 46.3 Å². The first kappa shape index (κ1) is 19.9. The summed E-state index contributed by atoms with van der Waals surface area (Å²) in [5, 5.41) is 4.89. The van der Waals surface area contributed by atoms with E-state index >= 15 is 0 Å². The van der Waals surface area contributed by atoms with E-state index in [2.05, 4.69) is 10.1 Å². The van der Waals surface area contributed by atoms with Crippen LogP contribution in [-0.4, -0.2) is 39.0 Å². The normalized spacial score (nSPS) is 15.0. The van der Waals surface area contributed by atoms with E-state index in [1.54, 1.807) is 24.4 Å². The van der Waals surface area contributed by atoms with Gasteiger partial charge in [0.05, 0.1) is 17.0 Å². The summed E-state index contributed by atoms with van der Waals surface area (Å²) in [5.41, 5.74) is 3.14. The summed E-state index contributed by atoms with van der Waals surface area (Å²) in [7, 11) is 0. The van der Waals surface area contributed by atoms with E-state index < -0.39 is 0 Å². The summed E-state index contributed by atoms with van der Waals surface area (Å²) < 4.78 is 5.44. The second-order valence-corrected chi connectivity index (χ2v) is 8.15. The highest BCUT2D eigenvalue weighted by Crippen LogP contribution is 2.34. The molecule has 0 radical (unpaired) electrons. The standard InChI is InChI=1S/C21H20Cl2N4O2/c1-12-7-19(29-26-12)18-11-24-13(2)25-20(18)14-3-5-27(6-4-14)21(28)15-8-16(22)10-17(23)9-15/h7-11,14H,3-6H2,1-2H3. The fourth-order valence-electron chi connectivity index (χ4n) is 3.69. The van der Waals surface area contributed by atoms with Gasteiger partial charge in [-0.25, -0.2) is 9.97 Å². The molecule has 0 aliphatic carbocycles. The maximum atomic E-state index is 12.9. The Balaban J connectivity index is 1.53. The second kappa shape index (κ2) is 8.13. The van der Waals surface area contributed by atoms with Crippen LogP contribution >= 0.6 is 23.2 Å². The Kier molecular flexibility index (Phi) is 5.56. The van der Waals surface area contributed by atoms with Crippen molar-refractivity contribution >= 4 is 29.1 Å². The van der Waals surface area contributed by atoms with Crippen LogP contribution in [0.3, 0.4) is 0 Å². The van der Waals surface area contributed by atoms with Crippen LogP contribution in [-0.2, 0) is 0 Å². The Morgan fingerprint density at radius 3 is 2.41 bits per heavy atom. The lowest BCUT2D eigenvalue weighted by atomic mass is 9.90. The molecule has 1 fully saturated rings. The van der Waals surface area contributed by atoms with Crippen LogP contribution in [0, 0.1) is 13.8 Å². The van der Waals surface area contributed by atoms with Crippen molar-refractivity contribution in [2.24, 2.45) is 0 Å². The number of amides is 1. The number of nitrogens with zero attached hydrogens (tertiary/aromatic N) is 4. The molecular formula is C21H20Cl2N4O2. The van der Waals surface area contributed by atoms with E-state index in [9.17, 15) is 4.79 Å². The third-order valence-electron chi connectivity index (χ3n) is 5.11. The molecule has 0 spiro atoms. The fraction of sp³-hybridized carbons (Fsp3) is 0.333. The molecule has 1 aromatic carbocycles. The molecule has 29 heavy (non-hydrogen) atoms. The summed E-state index contributed by atoms with van der Waals surface area (Å²) in [5.74, 6) is 1.54. The lowest BCUT2D eigenvalue weighted by Crippen LogP contribution is -2.38. The Morgan fingerprint density at radius 2 is 1.79 bits per heavy atom. The number of carbonyl (C=O) groups excluding carboxylic acids is 1. The highest BCUT2D eigenvalue weighted by Gasteiger charge is 2.28. The number of carbonyl (C=O) groups is 1. The Hall–Kier alpha value is -2.44. The van der Waals surface area contributed by atoms with Crippen molar-refractivity contribution in [3.63, 3.8) is 0 Å². The van der Waals surface area contributed by atoms with Crippen LogP contribution in [0.15, 0.2) is 35.0 Å². The molecule has 0 N–H and O–H groups in total. The van der Waals surface area contributed by atoms with Crippen LogP contribution < -0.4 is 0 Å². The SMILES string of the molecule is Cc1cc(-c2cnc(C)nc2C2CCN(C(=O)c3cc(Cl)cc(Cl)c3)CC2)on1. The molecule has 1 amide bonds. The van der Waals surface area contributed by atoms with Gasteiger partial charge >= 0.3 is 0 Å². The summed E-state index contributed by atoms with van der Waals surface area (Å²) in [6.07, 6.45) is 3.40. The third-order valence-corrected chi connectivity index (χ3v) is 5.55. The second-order valence-electron chi connectivity index (χ2n) is 7.27. The molecule has 0 saturated carbocycles. The molecule has 1 aliphatic heterocycles. The molecule has 6 nitrogen and oxygen atoms in total. The van der Waals surface area contributed by atoms with Crippen LogP contribution in [0.4, 0.5) is 0 Å². The lowest BCUT2D eigenvalue weighted by molar-refractivity contribution is 0.0712. The van der Waals surface area contributed by atoms with Gasteiger partial charge < -0.3 is 9.42 Å². The van der Waals surface area contributed by atoms with E-state index in [4.69, 9.17) is 32.7 Å². The van der Waals surface area contributed by atoms with E-state index in [1.807, 2.05) is 24.8 Å². The van der Waals surface area contributed by atoms with Gasteiger partial charge in [0.1, 0.15) is 5.82 Å². The number of likely N-dealkylation sites (tertiary alicyclic amines) is 1. The summed E-state index contributed by atoms with van der Waals surface area (Å²) in [6.45, 7) is 5.02. The first-order chi connectivity index (χ1) is 13.9. The number of aromatic nitrogens is 3. The van der Waals surface area contributed by atoms with Crippen molar-refractivity contribution in [1.82, 2.24) is 20.0 Å². The Bertz CT molecular complexity index is 1040. The smallest absolute Gasteiger partial charge is 0.253 e. The number of hydrogen-bond donors (Lipinski definition) is 0. The highest BCUT2D eigenvalue weighted by atomic mass is 35.5. The summed E-state index contributed by atoms with van der Waals surface area (Å²) in [4.78, 5) is 23.7. The number of piperidine rings is 1. The van der Waals surface area contributed by atoms with Gasteiger partial charge in [-0.3, -0.25) is 4.79 Å². The Morgan fingerprint density at radius 1 is 1.10 bits per heavy atom. The molecule has 0 atom stereocenters. The zero-order chi connectivity index (χ0) is 20.5. The van der Waals surface area contributed by atoms with Crippen molar-refractivity contribution in [3.05, 3.63) is 63.3 Å². The maximum absolute atomic E-state index is 12.9. The van der Waals surface area contributed by atoms with Gasteiger partial charge in [0, 0.05) is 46.9 Å². The first-order valence-corrected chi connectivity index (χ1v) is 10.2. The van der Waals surface area contributed by atoms with Gasteiger partial charge in [0.15, 0.2) is 5.76 Å². The van der Waals surface area contributed by atoms with E-state index in [1.165, 1.54) is 0 Å². The molecule has 8 heteroatoms. The average molecular weight is 431 g/mol. The Labute approximate surface area is 178 Å². The zero-order valence-electron chi connectivity index (χ0n) is 16.2. The van der Waals surface area contributed by atoms with Gasteiger partial charge in [0.2, 0.25) is 0 Å². The van der Waals surface area contributed by atoms with Gasteiger partial charge in [0.25, 0.3) is 5.91 Å². The van der Waals surface area contributed by atoms with E-state index in [0.29, 0.717) is 40.3 Å². The van der Waals surface area contributed by atoms with Gasteiger partial charge in [-0.1, -0.05) is 28.4 Å². The zero-order valence-corrected chi connectivity index (χ0v) is 17.7. The molecule has 4 rings (SSSR count). The molecule has 3 aromatic rings. The molecule has 2 aromatic heterocycles. The molecule has 3 heterocycles. The van der Waals surface area contributed by atoms with Gasteiger partial charge in [-0.15, -0.1) is 0 Å². The minimum Gasteiger partial charge on any atom is -0.356 e. The van der Waals surface area contributed by atoms with Crippen molar-refractivity contribution in [1.29, 1.82) is 0 Å². The number of rotatable bonds is 3. The lowest BCUT2D eigenvalue weighted by Gasteiger charge is -2.32. The van der Waals surface area contributed by atoms with E-state index in [-0.39, 0.29) is 11.8 Å². The predicted octanol–water partition coefficient (Wildman–Crippen LogP) is 5.08. The highest BCUT2D eigenvalue weighted by molar-refractivity contribution is 6.35. The minimum atomic E-state index is -0.0576. The molecule has 150 valence electrons. The van der Waals surface area contributed by atoms with Crippen LogP contribution in [0.5, 0.6) is 0 Å². The number of benzene rings is 1. The monoisotopic (exact) mass is 430 g/mol. The average Bonchev–Trinajstić information content (AvgIpc) is 3.13. The molecule has 1 aliphatic rings.